The van der Waals surface area contributed by atoms with Crippen LogP contribution >= 0.6 is 0 Å². The van der Waals surface area contributed by atoms with E-state index in [1.165, 1.54) is 5.56 Å². The Hall–Kier alpha value is -0.723. The quantitative estimate of drug-likeness (QED) is 0.268. The van der Waals surface area contributed by atoms with Gasteiger partial charge in [0.05, 0.1) is 5.60 Å². The van der Waals surface area contributed by atoms with Crippen LogP contribution in [0.1, 0.15) is 38.2 Å². The molecular weight excluding hydrogens is 344 g/mol. The highest BCUT2D eigenvalue weighted by molar-refractivity contribution is 6.76. The summed E-state index contributed by atoms with van der Waals surface area (Å²) in [6.07, 6.45) is 4.38. The number of aliphatic hydroxyl groups is 1. The molecule has 1 rings (SSSR count). The molecule has 0 radical (unpaired) electrons. The van der Waals surface area contributed by atoms with Gasteiger partial charge in [0.15, 0.2) is 0 Å². The summed E-state index contributed by atoms with van der Waals surface area (Å²) in [4.78, 5) is 0. The molecular formula is C21H38O4Si. The fraction of sp³-hybridized carbons (Fsp3) is 0.714. The van der Waals surface area contributed by atoms with Crippen LogP contribution < -0.4 is 0 Å². The van der Waals surface area contributed by atoms with E-state index in [4.69, 9.17) is 14.2 Å². The SMILES string of the molecule is CCC[C@](CCO)(CCc1ccccc1)OCOCOCC[Si](C)(C)C. The van der Waals surface area contributed by atoms with E-state index in [0.29, 0.717) is 6.42 Å². The van der Waals surface area contributed by atoms with Gasteiger partial charge in [-0.15, -0.1) is 0 Å². The van der Waals surface area contributed by atoms with Crippen LogP contribution in [-0.2, 0) is 20.6 Å². The average Bonchev–Trinajstić information content (AvgIpc) is 2.59. The van der Waals surface area contributed by atoms with E-state index in [0.717, 1.165) is 38.3 Å². The van der Waals surface area contributed by atoms with Crippen LogP contribution in [0.25, 0.3) is 0 Å². The summed E-state index contributed by atoms with van der Waals surface area (Å²) in [6.45, 7) is 10.5. The number of rotatable bonds is 15. The van der Waals surface area contributed by atoms with Gasteiger partial charge in [0.2, 0.25) is 0 Å². The van der Waals surface area contributed by atoms with Gasteiger partial charge in [-0.25, -0.2) is 0 Å². The first-order valence-electron chi connectivity index (χ1n) is 9.85. The van der Waals surface area contributed by atoms with Crippen LogP contribution in [0.5, 0.6) is 0 Å². The van der Waals surface area contributed by atoms with E-state index in [-0.39, 0.29) is 25.8 Å². The Morgan fingerprint density at radius 2 is 1.69 bits per heavy atom. The summed E-state index contributed by atoms with van der Waals surface area (Å²) in [5, 5.41) is 9.53. The fourth-order valence-electron chi connectivity index (χ4n) is 2.96. The normalized spacial score (nSPS) is 14.3. The second kappa shape index (κ2) is 12.6. The van der Waals surface area contributed by atoms with E-state index < -0.39 is 8.07 Å². The van der Waals surface area contributed by atoms with Crippen LogP contribution in [0, 0.1) is 0 Å². The standard InChI is InChI=1S/C21H38O4Si/c1-5-12-21(14-15-22,13-11-20-9-7-6-8-10-20)25-19-24-18-23-16-17-26(2,3)4/h6-10,22H,5,11-19H2,1-4H3/t21-/m1/s1. The van der Waals surface area contributed by atoms with E-state index >= 15 is 0 Å². The van der Waals surface area contributed by atoms with Crippen LogP contribution in [0.2, 0.25) is 25.7 Å². The molecule has 0 aliphatic carbocycles. The lowest BCUT2D eigenvalue weighted by Crippen LogP contribution is -2.35. The van der Waals surface area contributed by atoms with Gasteiger partial charge in [-0.1, -0.05) is 63.3 Å². The summed E-state index contributed by atoms with van der Waals surface area (Å²) in [7, 11) is -1.06. The van der Waals surface area contributed by atoms with Crippen molar-refractivity contribution in [2.45, 2.75) is 70.3 Å². The third kappa shape index (κ3) is 10.4. The highest BCUT2D eigenvalue weighted by Gasteiger charge is 2.29. The smallest absolute Gasteiger partial charge is 0.150 e. The molecule has 0 saturated heterocycles. The predicted molar refractivity (Wildman–Crippen MR) is 110 cm³/mol. The van der Waals surface area contributed by atoms with E-state index in [1.807, 2.05) is 6.07 Å². The second-order valence-electron chi connectivity index (χ2n) is 8.20. The zero-order valence-electron chi connectivity index (χ0n) is 17.1. The van der Waals surface area contributed by atoms with Gasteiger partial charge in [-0.3, -0.25) is 0 Å². The van der Waals surface area contributed by atoms with Crippen molar-refractivity contribution in [3.8, 4) is 0 Å². The van der Waals surface area contributed by atoms with Crippen LogP contribution in [0.4, 0.5) is 0 Å². The van der Waals surface area contributed by atoms with Crippen LogP contribution in [0.15, 0.2) is 30.3 Å². The van der Waals surface area contributed by atoms with E-state index in [2.05, 4.69) is 50.8 Å². The highest BCUT2D eigenvalue weighted by atomic mass is 28.3. The molecule has 0 aliphatic rings. The first-order chi connectivity index (χ1) is 12.4. The van der Waals surface area contributed by atoms with Crippen LogP contribution in [-0.4, -0.2) is 45.6 Å². The maximum atomic E-state index is 9.53. The van der Waals surface area contributed by atoms with Gasteiger partial charge in [0.25, 0.3) is 0 Å². The molecule has 0 aromatic heterocycles. The van der Waals surface area contributed by atoms with E-state index in [9.17, 15) is 5.11 Å². The third-order valence-electron chi connectivity index (χ3n) is 4.60. The van der Waals surface area contributed by atoms with Crippen molar-refractivity contribution in [3.05, 3.63) is 35.9 Å². The summed E-state index contributed by atoms with van der Waals surface area (Å²) >= 11 is 0. The molecule has 0 spiro atoms. The molecule has 0 heterocycles. The predicted octanol–water partition coefficient (Wildman–Crippen LogP) is 4.84. The Morgan fingerprint density at radius 1 is 0.962 bits per heavy atom. The molecule has 1 atom stereocenters. The highest BCUT2D eigenvalue weighted by Crippen LogP contribution is 2.28. The first kappa shape index (κ1) is 23.3. The van der Waals surface area contributed by atoms with Crippen molar-refractivity contribution < 1.29 is 19.3 Å². The minimum absolute atomic E-state index is 0.126. The van der Waals surface area contributed by atoms with Crippen molar-refractivity contribution in [3.63, 3.8) is 0 Å². The third-order valence-corrected chi connectivity index (χ3v) is 6.30. The lowest BCUT2D eigenvalue weighted by molar-refractivity contribution is -0.188. The number of hydrogen-bond acceptors (Lipinski definition) is 4. The molecule has 1 aromatic carbocycles. The van der Waals surface area contributed by atoms with Crippen molar-refractivity contribution in [1.82, 2.24) is 0 Å². The van der Waals surface area contributed by atoms with Gasteiger partial charge < -0.3 is 19.3 Å². The molecule has 4 nitrogen and oxygen atoms in total. The van der Waals surface area contributed by atoms with Gasteiger partial charge in [0.1, 0.15) is 13.6 Å². The Morgan fingerprint density at radius 3 is 2.31 bits per heavy atom. The summed E-state index contributed by atoms with van der Waals surface area (Å²) in [5.41, 5.74) is 0.961. The molecule has 0 amide bonds. The number of aryl methyl sites for hydroxylation is 1. The minimum Gasteiger partial charge on any atom is -0.396 e. The van der Waals surface area contributed by atoms with Gasteiger partial charge in [-0.05, 0) is 37.3 Å². The maximum absolute atomic E-state index is 9.53. The Bertz CT molecular complexity index is 453. The molecule has 0 unspecified atom stereocenters. The molecule has 26 heavy (non-hydrogen) atoms. The summed E-state index contributed by atoms with van der Waals surface area (Å²) in [6, 6.07) is 11.6. The van der Waals surface area contributed by atoms with Gasteiger partial charge in [-0.2, -0.15) is 0 Å². The topological polar surface area (TPSA) is 47.9 Å². The summed E-state index contributed by atoms with van der Waals surface area (Å²) < 4.78 is 17.2. The van der Waals surface area contributed by atoms with Gasteiger partial charge >= 0.3 is 0 Å². The number of aliphatic hydroxyl groups excluding tert-OH is 1. The van der Waals surface area contributed by atoms with Gasteiger partial charge in [0, 0.05) is 21.3 Å². The van der Waals surface area contributed by atoms with Crippen molar-refractivity contribution in [2.24, 2.45) is 0 Å². The maximum Gasteiger partial charge on any atom is 0.150 e. The molecule has 5 heteroatoms. The van der Waals surface area contributed by atoms with E-state index in [1.54, 1.807) is 0 Å². The lowest BCUT2D eigenvalue weighted by Gasteiger charge is -2.33. The Kier molecular flexibility index (Phi) is 11.3. The molecule has 150 valence electrons. The van der Waals surface area contributed by atoms with Crippen molar-refractivity contribution >= 4 is 8.07 Å². The zero-order valence-corrected chi connectivity index (χ0v) is 18.1. The second-order valence-corrected chi connectivity index (χ2v) is 13.8. The fourth-order valence-corrected chi connectivity index (χ4v) is 3.72. The zero-order chi connectivity index (χ0) is 19.3. The van der Waals surface area contributed by atoms with Crippen LogP contribution in [0.3, 0.4) is 0 Å². The molecule has 0 fully saturated rings. The Labute approximate surface area is 160 Å². The Balaban J connectivity index is 2.41. The molecule has 0 aliphatic heterocycles. The van der Waals surface area contributed by atoms with Crippen molar-refractivity contribution in [2.75, 3.05) is 26.8 Å². The molecule has 1 aromatic rings. The summed E-state index contributed by atoms with van der Waals surface area (Å²) in [5.74, 6) is 0. The minimum atomic E-state index is -1.06. The lowest BCUT2D eigenvalue weighted by atomic mass is 9.87. The first-order valence-corrected chi connectivity index (χ1v) is 13.6. The number of hydrogen-bond donors (Lipinski definition) is 1. The molecule has 1 N–H and O–H groups in total. The molecule has 0 bridgehead atoms. The largest absolute Gasteiger partial charge is 0.396 e. The number of ether oxygens (including phenoxy) is 3. The monoisotopic (exact) mass is 382 g/mol. The number of benzene rings is 1. The van der Waals surface area contributed by atoms with Crippen molar-refractivity contribution in [1.29, 1.82) is 0 Å². The average molecular weight is 383 g/mol. The molecule has 0 saturated carbocycles.